The average Bonchev–Trinajstić information content (AvgIpc) is 2.79. The van der Waals surface area contributed by atoms with Crippen molar-refractivity contribution < 1.29 is 0 Å². The number of fused-ring (bicyclic) bond motifs is 1. The van der Waals surface area contributed by atoms with Gasteiger partial charge in [-0.2, -0.15) is 0 Å². The average molecular weight is 421 g/mol. The minimum atomic E-state index is -0.130. The SMILES string of the molecule is Cc1ccc2[nH]c(=O)c(-c3cc(-c4ccccc4)[nH]c(=S)c3)c(-c3ccccc3)c2c1. The van der Waals surface area contributed by atoms with Gasteiger partial charge in [0, 0.05) is 22.2 Å². The molecule has 3 aromatic carbocycles. The highest BCUT2D eigenvalue weighted by Gasteiger charge is 2.17. The van der Waals surface area contributed by atoms with Gasteiger partial charge in [-0.05, 0) is 47.9 Å². The summed E-state index contributed by atoms with van der Waals surface area (Å²) in [5.74, 6) is 0. The Bertz CT molecular complexity index is 1520. The highest BCUT2D eigenvalue weighted by atomic mass is 32.1. The number of pyridine rings is 2. The molecule has 150 valence electrons. The van der Waals surface area contributed by atoms with Crippen LogP contribution in [0, 0.1) is 11.6 Å². The van der Waals surface area contributed by atoms with E-state index in [9.17, 15) is 4.79 Å². The molecule has 0 spiro atoms. The van der Waals surface area contributed by atoms with Crippen LogP contribution in [0.1, 0.15) is 5.56 Å². The summed E-state index contributed by atoms with van der Waals surface area (Å²) in [4.78, 5) is 19.7. The fourth-order valence-corrected chi connectivity index (χ4v) is 4.28. The molecule has 0 aliphatic carbocycles. The summed E-state index contributed by atoms with van der Waals surface area (Å²) in [6, 6.07) is 30.0. The van der Waals surface area contributed by atoms with Crippen LogP contribution in [0.4, 0.5) is 0 Å². The van der Waals surface area contributed by atoms with Crippen LogP contribution < -0.4 is 5.56 Å². The Morgan fingerprint density at radius 1 is 0.677 bits per heavy atom. The quantitative estimate of drug-likeness (QED) is 0.312. The molecule has 2 N–H and O–H groups in total. The minimum absolute atomic E-state index is 0.130. The molecule has 0 bridgehead atoms. The number of nitrogens with one attached hydrogen (secondary N) is 2. The van der Waals surface area contributed by atoms with E-state index in [1.807, 2.05) is 84.9 Å². The molecular weight excluding hydrogens is 400 g/mol. The summed E-state index contributed by atoms with van der Waals surface area (Å²) in [7, 11) is 0. The fourth-order valence-electron chi connectivity index (χ4n) is 4.05. The van der Waals surface area contributed by atoms with E-state index in [0.29, 0.717) is 10.2 Å². The number of benzene rings is 3. The van der Waals surface area contributed by atoms with Crippen molar-refractivity contribution in [2.45, 2.75) is 6.92 Å². The van der Waals surface area contributed by atoms with Crippen LogP contribution in [0.3, 0.4) is 0 Å². The monoisotopic (exact) mass is 420 g/mol. The molecule has 0 amide bonds. The van der Waals surface area contributed by atoms with E-state index in [2.05, 4.69) is 23.0 Å². The molecule has 3 nitrogen and oxygen atoms in total. The molecule has 0 atom stereocenters. The van der Waals surface area contributed by atoms with Crippen LogP contribution >= 0.6 is 12.2 Å². The summed E-state index contributed by atoms with van der Waals surface area (Å²) in [5.41, 5.74) is 7.07. The number of aromatic amines is 2. The van der Waals surface area contributed by atoms with Crippen molar-refractivity contribution in [3.63, 3.8) is 0 Å². The summed E-state index contributed by atoms with van der Waals surface area (Å²) in [6.07, 6.45) is 0. The van der Waals surface area contributed by atoms with Crippen LogP contribution in [0.25, 0.3) is 44.4 Å². The number of rotatable bonds is 3. The van der Waals surface area contributed by atoms with E-state index in [1.54, 1.807) is 0 Å². The van der Waals surface area contributed by atoms with E-state index >= 15 is 0 Å². The second-order valence-electron chi connectivity index (χ2n) is 7.63. The standard InChI is InChI=1S/C27H20N2OS/c1-17-12-13-22-21(14-17)25(19-10-6-3-7-11-19)26(27(30)29-22)20-15-23(28-24(31)16-20)18-8-4-2-5-9-18/h2-16H,1H3,(H,28,31)(H,29,30). The Morgan fingerprint density at radius 3 is 2.06 bits per heavy atom. The van der Waals surface area contributed by atoms with E-state index in [4.69, 9.17) is 12.2 Å². The van der Waals surface area contributed by atoms with Crippen LogP contribution in [-0.2, 0) is 0 Å². The molecule has 2 heterocycles. The summed E-state index contributed by atoms with van der Waals surface area (Å²) in [5, 5.41) is 1.01. The summed E-state index contributed by atoms with van der Waals surface area (Å²) < 4.78 is 0.583. The van der Waals surface area contributed by atoms with Gasteiger partial charge in [-0.25, -0.2) is 0 Å². The van der Waals surface area contributed by atoms with E-state index in [0.717, 1.165) is 44.4 Å². The molecule has 5 rings (SSSR count). The molecule has 2 aromatic heterocycles. The number of hydrogen-bond donors (Lipinski definition) is 2. The first-order valence-electron chi connectivity index (χ1n) is 10.1. The Morgan fingerprint density at radius 2 is 1.35 bits per heavy atom. The highest BCUT2D eigenvalue weighted by molar-refractivity contribution is 7.71. The maximum absolute atomic E-state index is 13.4. The van der Waals surface area contributed by atoms with Crippen molar-refractivity contribution in [3.8, 4) is 33.5 Å². The lowest BCUT2D eigenvalue weighted by molar-refractivity contribution is 1.27. The molecular formula is C27H20N2OS. The second-order valence-corrected chi connectivity index (χ2v) is 8.07. The Balaban J connectivity index is 1.88. The summed E-state index contributed by atoms with van der Waals surface area (Å²) >= 11 is 5.54. The van der Waals surface area contributed by atoms with E-state index in [-0.39, 0.29) is 5.56 Å². The number of aromatic nitrogens is 2. The van der Waals surface area contributed by atoms with Crippen molar-refractivity contribution in [3.05, 3.63) is 112 Å². The van der Waals surface area contributed by atoms with Gasteiger partial charge in [0.05, 0.1) is 5.56 Å². The van der Waals surface area contributed by atoms with Gasteiger partial charge in [0.2, 0.25) is 0 Å². The smallest absolute Gasteiger partial charge is 0.256 e. The zero-order chi connectivity index (χ0) is 21.4. The minimum Gasteiger partial charge on any atom is -0.346 e. The third-order valence-electron chi connectivity index (χ3n) is 5.45. The molecule has 4 heteroatoms. The van der Waals surface area contributed by atoms with Gasteiger partial charge in [0.25, 0.3) is 5.56 Å². The zero-order valence-electron chi connectivity index (χ0n) is 17.0. The fraction of sp³-hybridized carbons (Fsp3) is 0.0370. The first-order valence-corrected chi connectivity index (χ1v) is 10.5. The van der Waals surface area contributed by atoms with Gasteiger partial charge in [-0.1, -0.05) is 84.5 Å². The first kappa shape index (κ1) is 19.2. The Labute approximate surface area is 185 Å². The first-order chi connectivity index (χ1) is 15.1. The van der Waals surface area contributed by atoms with Gasteiger partial charge >= 0.3 is 0 Å². The topological polar surface area (TPSA) is 48.6 Å². The number of aryl methyl sites for hydroxylation is 1. The van der Waals surface area contributed by atoms with Crippen molar-refractivity contribution in [2.75, 3.05) is 0 Å². The lowest BCUT2D eigenvalue weighted by Gasteiger charge is -2.15. The number of H-pyrrole nitrogens is 2. The molecule has 0 fully saturated rings. The van der Waals surface area contributed by atoms with Gasteiger partial charge in [0.15, 0.2) is 0 Å². The second kappa shape index (κ2) is 7.82. The predicted octanol–water partition coefficient (Wildman–Crippen LogP) is 6.90. The van der Waals surface area contributed by atoms with E-state index < -0.39 is 0 Å². The molecule has 0 radical (unpaired) electrons. The van der Waals surface area contributed by atoms with Gasteiger partial charge in [0.1, 0.15) is 4.64 Å². The third kappa shape index (κ3) is 3.62. The van der Waals surface area contributed by atoms with Gasteiger partial charge in [-0.3, -0.25) is 4.79 Å². The maximum Gasteiger partial charge on any atom is 0.256 e. The molecule has 0 aliphatic rings. The van der Waals surface area contributed by atoms with Crippen molar-refractivity contribution in [2.24, 2.45) is 0 Å². The lowest BCUT2D eigenvalue weighted by Crippen LogP contribution is -2.11. The van der Waals surface area contributed by atoms with Crippen molar-refractivity contribution in [1.29, 1.82) is 0 Å². The largest absolute Gasteiger partial charge is 0.346 e. The Hall–Kier alpha value is -3.76. The Kier molecular flexibility index (Phi) is 4.85. The highest BCUT2D eigenvalue weighted by Crippen LogP contribution is 2.36. The van der Waals surface area contributed by atoms with E-state index in [1.165, 1.54) is 0 Å². The van der Waals surface area contributed by atoms with Gasteiger partial charge < -0.3 is 9.97 Å². The normalized spacial score (nSPS) is 11.0. The van der Waals surface area contributed by atoms with Crippen molar-refractivity contribution in [1.82, 2.24) is 9.97 Å². The molecule has 31 heavy (non-hydrogen) atoms. The zero-order valence-corrected chi connectivity index (χ0v) is 17.8. The third-order valence-corrected chi connectivity index (χ3v) is 5.67. The molecule has 0 saturated carbocycles. The molecule has 0 unspecified atom stereocenters. The lowest BCUT2D eigenvalue weighted by atomic mass is 9.91. The molecule has 0 saturated heterocycles. The number of hydrogen-bond acceptors (Lipinski definition) is 2. The maximum atomic E-state index is 13.4. The van der Waals surface area contributed by atoms with Crippen LogP contribution in [0.5, 0.6) is 0 Å². The van der Waals surface area contributed by atoms with Crippen molar-refractivity contribution >= 4 is 23.1 Å². The van der Waals surface area contributed by atoms with Crippen LogP contribution in [0.15, 0.2) is 95.8 Å². The predicted molar refractivity (Wildman–Crippen MR) is 131 cm³/mol. The van der Waals surface area contributed by atoms with Crippen LogP contribution in [0.2, 0.25) is 0 Å². The molecule has 5 aromatic rings. The summed E-state index contributed by atoms with van der Waals surface area (Å²) in [6.45, 7) is 2.06. The molecule has 0 aliphatic heterocycles. The van der Waals surface area contributed by atoms with Gasteiger partial charge in [-0.15, -0.1) is 0 Å². The van der Waals surface area contributed by atoms with Crippen LogP contribution in [-0.4, -0.2) is 9.97 Å².